The van der Waals surface area contributed by atoms with Gasteiger partial charge in [0, 0.05) is 52.5 Å². The van der Waals surface area contributed by atoms with Gasteiger partial charge in [0.15, 0.2) is 11.3 Å². The Morgan fingerprint density at radius 3 is 2.40 bits per heavy atom. The highest BCUT2D eigenvalue weighted by atomic mass is 32.2. The van der Waals surface area contributed by atoms with E-state index in [9.17, 15) is 13.2 Å². The van der Waals surface area contributed by atoms with Gasteiger partial charge in [0.25, 0.3) is 5.56 Å². The van der Waals surface area contributed by atoms with E-state index in [4.69, 9.17) is 9.72 Å². The van der Waals surface area contributed by atoms with Gasteiger partial charge in [-0.3, -0.25) is 9.36 Å². The molecule has 14 heteroatoms. The van der Waals surface area contributed by atoms with Gasteiger partial charge in [0.2, 0.25) is 15.9 Å². The van der Waals surface area contributed by atoms with E-state index < -0.39 is 10.0 Å². The number of fused-ring (bicyclic) bond motifs is 1. The number of likely N-dealkylation sites (N-methyl/N-ethyl adjacent to an activating group) is 1. The highest BCUT2D eigenvalue weighted by Gasteiger charge is 2.31. The molecule has 0 amide bonds. The predicted octanol–water partition coefficient (Wildman–Crippen LogP) is 2.33. The average Bonchev–Trinajstić information content (AvgIpc) is 3.42. The molecule has 13 nitrogen and oxygen atoms in total. The van der Waals surface area contributed by atoms with E-state index in [1.807, 2.05) is 18.2 Å². The molecule has 6 heterocycles. The number of sulfonamides is 1. The monoisotopic (exact) mass is 635 g/mol. The molecule has 2 saturated heterocycles. The maximum atomic E-state index is 13.9. The summed E-state index contributed by atoms with van der Waals surface area (Å²) >= 11 is 0. The third kappa shape index (κ3) is 6.11. The second kappa shape index (κ2) is 12.9. The first-order valence-electron chi connectivity index (χ1n) is 15.7. The molecule has 2 fully saturated rings. The molecule has 2 aliphatic rings. The fourth-order valence-corrected chi connectivity index (χ4v) is 7.43. The highest BCUT2D eigenvalue weighted by Crippen LogP contribution is 2.33. The van der Waals surface area contributed by atoms with Crippen molar-refractivity contribution in [1.29, 1.82) is 0 Å². The minimum absolute atomic E-state index is 0.0467. The van der Waals surface area contributed by atoms with E-state index in [1.165, 1.54) is 15.1 Å². The number of piperazine rings is 1. The van der Waals surface area contributed by atoms with Crippen LogP contribution in [0.3, 0.4) is 0 Å². The maximum Gasteiger partial charge on any atom is 0.281 e. The fraction of sp³-hybridized carbons (Fsp3) is 0.516. The Hall–Kier alpha value is -3.72. The molecule has 0 spiro atoms. The Bertz CT molecular complexity index is 1830. The number of pyridine rings is 2. The lowest BCUT2D eigenvalue weighted by Crippen LogP contribution is -2.48. The number of hydrogen-bond donors (Lipinski definition) is 0. The number of aromatic nitrogens is 6. The normalized spacial score (nSPS) is 17.7. The van der Waals surface area contributed by atoms with E-state index in [0.717, 1.165) is 44.6 Å². The molecule has 4 aromatic rings. The highest BCUT2D eigenvalue weighted by molar-refractivity contribution is 7.89. The summed E-state index contributed by atoms with van der Waals surface area (Å²) in [5.74, 6) is 1.12. The molecule has 0 radical (unpaired) electrons. The van der Waals surface area contributed by atoms with Gasteiger partial charge in [-0.1, -0.05) is 26.3 Å². The van der Waals surface area contributed by atoms with Gasteiger partial charge in [-0.15, -0.1) is 0 Å². The minimum Gasteiger partial charge on any atom is -0.474 e. The van der Waals surface area contributed by atoms with E-state index in [0.29, 0.717) is 49.5 Å². The molecule has 0 aromatic carbocycles. The van der Waals surface area contributed by atoms with Crippen LogP contribution in [0.2, 0.25) is 0 Å². The summed E-state index contributed by atoms with van der Waals surface area (Å²) in [4.78, 5) is 32.4. The van der Waals surface area contributed by atoms with Crippen LogP contribution >= 0.6 is 0 Å². The summed E-state index contributed by atoms with van der Waals surface area (Å²) in [6.45, 7) is 8.89. The SMILES string of the molecule is CCCc1c2nc(-c3cc(S(=O)(=O)N4CCN(CC)CC4)cnc3OC3CCN(C)CC3)n(C)c(=O)c2nn1-c1ccccn1. The van der Waals surface area contributed by atoms with E-state index in [-0.39, 0.29) is 33.8 Å². The van der Waals surface area contributed by atoms with Crippen LogP contribution < -0.4 is 10.3 Å². The number of hydrogen-bond acceptors (Lipinski definition) is 10. The van der Waals surface area contributed by atoms with Crippen molar-refractivity contribution in [1.82, 2.24) is 43.4 Å². The van der Waals surface area contributed by atoms with Crippen LogP contribution in [0.4, 0.5) is 0 Å². The summed E-state index contributed by atoms with van der Waals surface area (Å²) in [7, 11) is -0.157. The van der Waals surface area contributed by atoms with Gasteiger partial charge in [-0.05, 0) is 51.1 Å². The summed E-state index contributed by atoms with van der Waals surface area (Å²) in [6.07, 6.45) is 5.98. The minimum atomic E-state index is -3.85. The largest absolute Gasteiger partial charge is 0.474 e. The Kier molecular flexibility index (Phi) is 9.00. The summed E-state index contributed by atoms with van der Waals surface area (Å²) in [6, 6.07) is 7.09. The Balaban J connectivity index is 1.50. The molecule has 2 aliphatic heterocycles. The van der Waals surface area contributed by atoms with Crippen LogP contribution in [0.25, 0.3) is 28.2 Å². The fourth-order valence-electron chi connectivity index (χ4n) is 6.04. The van der Waals surface area contributed by atoms with Gasteiger partial charge in [-0.25, -0.2) is 28.1 Å². The summed E-state index contributed by atoms with van der Waals surface area (Å²) in [5, 5.41) is 4.65. The van der Waals surface area contributed by atoms with Gasteiger partial charge >= 0.3 is 0 Å². The Morgan fingerprint density at radius 2 is 1.73 bits per heavy atom. The van der Waals surface area contributed by atoms with Gasteiger partial charge in [0.1, 0.15) is 22.3 Å². The van der Waals surface area contributed by atoms with Crippen molar-refractivity contribution in [2.75, 3.05) is 52.9 Å². The van der Waals surface area contributed by atoms with Crippen LogP contribution in [0.15, 0.2) is 46.3 Å². The molecule has 4 aromatic heterocycles. The van der Waals surface area contributed by atoms with Crippen LogP contribution in [0.5, 0.6) is 5.88 Å². The standard InChI is InChI=1S/C31H41N9O4S/c1-5-9-25-27-28(35-40(25)26-10-7-8-13-32-26)31(41)37(4)29(34-27)24-20-23(45(42,43)39-18-16-38(6-2)17-19-39)21-33-30(24)44-22-11-14-36(3)15-12-22/h7-8,10,13,20-22H,5-6,9,11-12,14-19H2,1-4H3. The smallest absolute Gasteiger partial charge is 0.281 e. The second-order valence-electron chi connectivity index (χ2n) is 11.8. The van der Waals surface area contributed by atoms with Crippen molar-refractivity contribution >= 4 is 21.1 Å². The molecule has 0 unspecified atom stereocenters. The van der Waals surface area contributed by atoms with Gasteiger partial charge < -0.3 is 14.5 Å². The second-order valence-corrected chi connectivity index (χ2v) is 13.7. The van der Waals surface area contributed by atoms with Crippen LogP contribution in [-0.4, -0.2) is 111 Å². The van der Waals surface area contributed by atoms with E-state index >= 15 is 0 Å². The molecule has 0 saturated carbocycles. The summed E-state index contributed by atoms with van der Waals surface area (Å²) in [5.41, 5.74) is 1.44. The first-order chi connectivity index (χ1) is 21.7. The zero-order valence-electron chi connectivity index (χ0n) is 26.4. The van der Waals surface area contributed by atoms with Crippen LogP contribution in [-0.2, 0) is 23.5 Å². The van der Waals surface area contributed by atoms with Gasteiger partial charge in [-0.2, -0.15) is 9.40 Å². The topological polar surface area (TPSA) is 132 Å². The number of rotatable bonds is 9. The lowest BCUT2D eigenvalue weighted by atomic mass is 10.1. The molecule has 6 rings (SSSR count). The zero-order chi connectivity index (χ0) is 31.7. The number of likely N-dealkylation sites (tertiary alicyclic amines) is 1. The number of ether oxygens (including phenoxy) is 1. The first kappa shape index (κ1) is 31.3. The van der Waals surface area contributed by atoms with E-state index in [2.05, 4.69) is 45.8 Å². The maximum absolute atomic E-state index is 13.9. The number of nitrogens with zero attached hydrogens (tertiary/aromatic N) is 9. The van der Waals surface area contributed by atoms with Crippen molar-refractivity contribution in [2.24, 2.45) is 7.05 Å². The third-order valence-corrected chi connectivity index (χ3v) is 10.6. The molecule has 240 valence electrons. The zero-order valence-corrected chi connectivity index (χ0v) is 27.2. The van der Waals surface area contributed by atoms with Crippen LogP contribution in [0, 0.1) is 0 Å². The number of aryl methyl sites for hydroxylation is 1. The average molecular weight is 636 g/mol. The molecule has 45 heavy (non-hydrogen) atoms. The third-order valence-electron chi connectivity index (χ3n) is 8.78. The van der Waals surface area contributed by atoms with Crippen molar-refractivity contribution in [3.8, 4) is 23.1 Å². The van der Waals surface area contributed by atoms with E-state index in [1.54, 1.807) is 24.0 Å². The number of piperidine rings is 1. The van der Waals surface area contributed by atoms with Crippen molar-refractivity contribution in [3.63, 3.8) is 0 Å². The molecule has 0 bridgehead atoms. The Labute approximate surface area is 263 Å². The molecule has 0 aliphatic carbocycles. The van der Waals surface area contributed by atoms with Crippen molar-refractivity contribution < 1.29 is 13.2 Å². The van der Waals surface area contributed by atoms with Gasteiger partial charge in [0.05, 0.1) is 17.5 Å². The molecule has 0 atom stereocenters. The lowest BCUT2D eigenvalue weighted by molar-refractivity contribution is 0.110. The van der Waals surface area contributed by atoms with Crippen molar-refractivity contribution in [3.05, 3.63) is 52.7 Å². The first-order valence-corrected chi connectivity index (χ1v) is 17.1. The Morgan fingerprint density at radius 1 is 0.978 bits per heavy atom. The van der Waals surface area contributed by atoms with Crippen molar-refractivity contribution in [2.45, 2.75) is 50.5 Å². The predicted molar refractivity (Wildman–Crippen MR) is 171 cm³/mol. The lowest BCUT2D eigenvalue weighted by Gasteiger charge is -2.33. The molecular formula is C31H41N9O4S. The quantitative estimate of drug-likeness (QED) is 0.270. The molecule has 0 N–H and O–H groups in total. The molecular weight excluding hydrogens is 594 g/mol. The van der Waals surface area contributed by atoms with Crippen LogP contribution in [0.1, 0.15) is 38.8 Å². The summed E-state index contributed by atoms with van der Waals surface area (Å²) < 4.78 is 38.8.